The highest BCUT2D eigenvalue weighted by molar-refractivity contribution is 5.76. The second kappa shape index (κ2) is 4.98. The fourth-order valence-corrected chi connectivity index (χ4v) is 0.715. The van der Waals surface area contributed by atoms with Crippen LogP contribution in [0.1, 0.15) is 34.6 Å². The number of carbonyl (C=O) groups is 2. The SMILES string of the molecule is CC(=O)OCC(C)(C)C(=O)OC(C)C. The van der Waals surface area contributed by atoms with Crippen LogP contribution in [0.3, 0.4) is 0 Å². The summed E-state index contributed by atoms with van der Waals surface area (Å²) in [6.07, 6.45) is -0.154. The minimum absolute atomic E-state index is 0.0495. The third-order valence-corrected chi connectivity index (χ3v) is 1.53. The Bertz CT molecular complexity index is 218. The molecule has 0 amide bonds. The van der Waals surface area contributed by atoms with Crippen molar-refractivity contribution < 1.29 is 19.1 Å². The highest BCUT2D eigenvalue weighted by Crippen LogP contribution is 2.18. The monoisotopic (exact) mass is 202 g/mol. The molecule has 0 unspecified atom stereocenters. The van der Waals surface area contributed by atoms with Gasteiger partial charge in [-0.1, -0.05) is 0 Å². The summed E-state index contributed by atoms with van der Waals surface area (Å²) in [6, 6.07) is 0. The van der Waals surface area contributed by atoms with Gasteiger partial charge in [0.15, 0.2) is 0 Å². The van der Waals surface area contributed by atoms with E-state index in [9.17, 15) is 9.59 Å². The van der Waals surface area contributed by atoms with Gasteiger partial charge in [0.1, 0.15) is 6.61 Å². The normalized spacial score (nSPS) is 11.3. The predicted molar refractivity (Wildman–Crippen MR) is 51.6 cm³/mol. The maximum atomic E-state index is 11.5. The van der Waals surface area contributed by atoms with Crippen LogP contribution in [0.2, 0.25) is 0 Å². The summed E-state index contributed by atoms with van der Waals surface area (Å²) in [5.74, 6) is -0.746. The average Bonchev–Trinajstić information content (AvgIpc) is 1.99. The summed E-state index contributed by atoms with van der Waals surface area (Å²) in [5.41, 5.74) is -0.782. The highest BCUT2D eigenvalue weighted by atomic mass is 16.6. The van der Waals surface area contributed by atoms with Gasteiger partial charge in [-0.05, 0) is 27.7 Å². The number of ether oxygens (including phenoxy) is 2. The molecule has 0 spiro atoms. The van der Waals surface area contributed by atoms with E-state index in [2.05, 4.69) is 0 Å². The molecule has 0 rings (SSSR count). The molecule has 0 aliphatic rings. The third kappa shape index (κ3) is 4.84. The second-order valence-corrected chi connectivity index (χ2v) is 4.12. The molecule has 0 N–H and O–H groups in total. The highest BCUT2D eigenvalue weighted by Gasteiger charge is 2.31. The molecule has 0 aliphatic heterocycles. The first-order chi connectivity index (χ1) is 6.25. The first-order valence-electron chi connectivity index (χ1n) is 4.60. The molecule has 0 saturated carbocycles. The van der Waals surface area contributed by atoms with E-state index in [1.165, 1.54) is 6.92 Å². The lowest BCUT2D eigenvalue weighted by atomic mass is 9.95. The Labute approximate surface area is 84.6 Å². The standard InChI is InChI=1S/C10H18O4/c1-7(2)14-9(12)10(4,5)6-13-8(3)11/h7H,6H2,1-5H3. The Morgan fingerprint density at radius 3 is 2.14 bits per heavy atom. The van der Waals surface area contributed by atoms with Crippen molar-refractivity contribution in [1.29, 1.82) is 0 Å². The minimum atomic E-state index is -0.782. The Balaban J connectivity index is 4.16. The molecule has 14 heavy (non-hydrogen) atoms. The van der Waals surface area contributed by atoms with Crippen LogP contribution in [0, 0.1) is 5.41 Å². The van der Waals surface area contributed by atoms with E-state index >= 15 is 0 Å². The van der Waals surface area contributed by atoms with E-state index in [0.29, 0.717) is 0 Å². The quantitative estimate of drug-likeness (QED) is 0.649. The topological polar surface area (TPSA) is 52.6 Å². The molecule has 4 nitrogen and oxygen atoms in total. The van der Waals surface area contributed by atoms with Gasteiger partial charge in [0, 0.05) is 6.92 Å². The molecule has 0 heterocycles. The summed E-state index contributed by atoms with van der Waals surface area (Å²) >= 11 is 0. The van der Waals surface area contributed by atoms with Crippen molar-refractivity contribution in [2.24, 2.45) is 5.41 Å². The van der Waals surface area contributed by atoms with Crippen LogP contribution >= 0.6 is 0 Å². The molecule has 0 aromatic rings. The Morgan fingerprint density at radius 2 is 1.79 bits per heavy atom. The Kier molecular flexibility index (Phi) is 4.60. The van der Waals surface area contributed by atoms with Crippen molar-refractivity contribution in [3.8, 4) is 0 Å². The molecular weight excluding hydrogens is 184 g/mol. The van der Waals surface area contributed by atoms with Gasteiger partial charge in [-0.15, -0.1) is 0 Å². The lowest BCUT2D eigenvalue weighted by Crippen LogP contribution is -2.33. The van der Waals surface area contributed by atoms with Gasteiger partial charge in [0.25, 0.3) is 0 Å². The number of rotatable bonds is 4. The van der Waals surface area contributed by atoms with E-state index in [1.807, 2.05) is 0 Å². The summed E-state index contributed by atoms with van der Waals surface area (Å²) in [5, 5.41) is 0. The minimum Gasteiger partial charge on any atom is -0.465 e. The van der Waals surface area contributed by atoms with Crippen molar-refractivity contribution in [3.05, 3.63) is 0 Å². The maximum absolute atomic E-state index is 11.5. The molecular formula is C10H18O4. The molecule has 0 fully saturated rings. The van der Waals surface area contributed by atoms with Crippen LogP contribution in [0.4, 0.5) is 0 Å². The first kappa shape index (κ1) is 12.9. The Hall–Kier alpha value is -1.06. The molecule has 0 bridgehead atoms. The van der Waals surface area contributed by atoms with Crippen LogP contribution in [0.5, 0.6) is 0 Å². The zero-order valence-electron chi connectivity index (χ0n) is 9.42. The van der Waals surface area contributed by atoms with Crippen molar-refractivity contribution in [1.82, 2.24) is 0 Å². The molecule has 4 heteroatoms. The van der Waals surface area contributed by atoms with Crippen molar-refractivity contribution in [2.45, 2.75) is 40.7 Å². The predicted octanol–water partition coefficient (Wildman–Crippen LogP) is 1.53. The molecule has 0 radical (unpaired) electrons. The van der Waals surface area contributed by atoms with Crippen LogP contribution in [0.15, 0.2) is 0 Å². The van der Waals surface area contributed by atoms with Gasteiger partial charge in [-0.3, -0.25) is 9.59 Å². The van der Waals surface area contributed by atoms with Crippen LogP contribution in [-0.4, -0.2) is 24.6 Å². The summed E-state index contributed by atoms with van der Waals surface area (Å²) in [4.78, 5) is 22.0. The fourth-order valence-electron chi connectivity index (χ4n) is 0.715. The van der Waals surface area contributed by atoms with Gasteiger partial charge >= 0.3 is 11.9 Å². The number of hydrogen-bond donors (Lipinski definition) is 0. The van der Waals surface area contributed by atoms with Crippen molar-refractivity contribution >= 4 is 11.9 Å². The molecule has 0 aromatic carbocycles. The van der Waals surface area contributed by atoms with E-state index in [4.69, 9.17) is 9.47 Å². The third-order valence-electron chi connectivity index (χ3n) is 1.53. The van der Waals surface area contributed by atoms with Crippen molar-refractivity contribution in [3.63, 3.8) is 0 Å². The molecule has 0 aromatic heterocycles. The van der Waals surface area contributed by atoms with E-state index < -0.39 is 11.4 Å². The zero-order valence-corrected chi connectivity index (χ0v) is 9.42. The van der Waals surface area contributed by atoms with Crippen LogP contribution < -0.4 is 0 Å². The van der Waals surface area contributed by atoms with Crippen molar-refractivity contribution in [2.75, 3.05) is 6.61 Å². The van der Waals surface area contributed by atoms with E-state index in [-0.39, 0.29) is 18.7 Å². The lowest BCUT2D eigenvalue weighted by molar-refractivity contribution is -0.163. The fraction of sp³-hybridized carbons (Fsp3) is 0.800. The largest absolute Gasteiger partial charge is 0.465 e. The molecule has 0 atom stereocenters. The average molecular weight is 202 g/mol. The van der Waals surface area contributed by atoms with Crippen LogP contribution in [-0.2, 0) is 19.1 Å². The van der Waals surface area contributed by atoms with E-state index in [0.717, 1.165) is 0 Å². The van der Waals surface area contributed by atoms with Crippen LogP contribution in [0.25, 0.3) is 0 Å². The number of hydrogen-bond acceptors (Lipinski definition) is 4. The van der Waals surface area contributed by atoms with Gasteiger partial charge in [0.2, 0.25) is 0 Å². The first-order valence-corrected chi connectivity index (χ1v) is 4.60. The summed E-state index contributed by atoms with van der Waals surface area (Å²) < 4.78 is 9.79. The smallest absolute Gasteiger partial charge is 0.315 e. The zero-order chi connectivity index (χ0) is 11.4. The second-order valence-electron chi connectivity index (χ2n) is 4.12. The number of esters is 2. The lowest BCUT2D eigenvalue weighted by Gasteiger charge is -2.23. The summed E-state index contributed by atoms with van der Waals surface area (Å²) in [7, 11) is 0. The van der Waals surface area contributed by atoms with E-state index in [1.54, 1.807) is 27.7 Å². The molecule has 82 valence electrons. The summed E-state index contributed by atoms with van der Waals surface area (Å²) in [6.45, 7) is 8.28. The van der Waals surface area contributed by atoms with Gasteiger partial charge in [-0.25, -0.2) is 0 Å². The molecule has 0 aliphatic carbocycles. The Morgan fingerprint density at radius 1 is 1.29 bits per heavy atom. The molecule has 0 saturated heterocycles. The van der Waals surface area contributed by atoms with Gasteiger partial charge in [0.05, 0.1) is 11.5 Å². The number of carbonyl (C=O) groups excluding carboxylic acids is 2. The maximum Gasteiger partial charge on any atom is 0.315 e. The van der Waals surface area contributed by atoms with Gasteiger partial charge < -0.3 is 9.47 Å². The van der Waals surface area contributed by atoms with Gasteiger partial charge in [-0.2, -0.15) is 0 Å².